The molecule has 0 aliphatic heterocycles. The van der Waals surface area contributed by atoms with E-state index in [1.807, 2.05) is 34.9 Å². The normalized spacial score (nSPS) is 13.1. The molecule has 4 aromatic rings. The van der Waals surface area contributed by atoms with Crippen LogP contribution in [0.4, 0.5) is 20.2 Å². The predicted molar refractivity (Wildman–Crippen MR) is 212 cm³/mol. The van der Waals surface area contributed by atoms with E-state index in [4.69, 9.17) is 34.6 Å². The Labute approximate surface area is 319 Å². The van der Waals surface area contributed by atoms with Crippen molar-refractivity contribution in [2.75, 3.05) is 4.90 Å². The maximum Gasteiger partial charge on any atom is 0.509 e. The topological polar surface area (TPSA) is 148 Å². The fraction of sp³-hybridized carbons (Fsp3) is 0.548. The van der Waals surface area contributed by atoms with Gasteiger partial charge < -0.3 is 29.2 Å². The largest absolute Gasteiger partial charge is 0.509 e. The minimum atomic E-state index is -1.06. The first-order valence-electron chi connectivity index (χ1n) is 18.7. The van der Waals surface area contributed by atoms with Gasteiger partial charge in [0, 0.05) is 24.3 Å². The number of hydrogen-bond donors (Lipinski definition) is 1. The second kappa shape index (κ2) is 15.9. The number of imidazole rings is 1. The van der Waals surface area contributed by atoms with Gasteiger partial charge in [-0.2, -0.15) is 4.90 Å². The summed E-state index contributed by atoms with van der Waals surface area (Å²) >= 11 is 0. The van der Waals surface area contributed by atoms with E-state index in [1.54, 1.807) is 76.2 Å². The van der Waals surface area contributed by atoms with E-state index in [1.165, 1.54) is 0 Å². The number of aryl methyl sites for hydroxylation is 1. The summed E-state index contributed by atoms with van der Waals surface area (Å²) in [7, 11) is 0. The van der Waals surface area contributed by atoms with Gasteiger partial charge in [-0.25, -0.2) is 24.4 Å². The number of carbonyl (C=O) groups is 3. The van der Waals surface area contributed by atoms with Gasteiger partial charge in [-0.3, -0.25) is 0 Å². The van der Waals surface area contributed by atoms with Gasteiger partial charge in [0.1, 0.15) is 33.7 Å². The van der Waals surface area contributed by atoms with Crippen molar-refractivity contribution in [1.82, 2.24) is 14.5 Å². The summed E-state index contributed by atoms with van der Waals surface area (Å²) in [4.78, 5) is 52.0. The second-order valence-corrected chi connectivity index (χ2v) is 17.4. The van der Waals surface area contributed by atoms with Crippen molar-refractivity contribution in [3.8, 4) is 0 Å². The number of amides is 2. The van der Waals surface area contributed by atoms with Crippen LogP contribution in [0.1, 0.15) is 131 Å². The van der Waals surface area contributed by atoms with Gasteiger partial charge in [-0.15, -0.1) is 0 Å². The lowest BCUT2D eigenvalue weighted by atomic mass is 9.91. The maximum atomic E-state index is 14.1. The van der Waals surface area contributed by atoms with Crippen molar-refractivity contribution in [2.24, 2.45) is 5.73 Å². The number of nitrogens with two attached hydrogens (primary N) is 1. The zero-order valence-corrected chi connectivity index (χ0v) is 34.4. The standard InChI is InChI=1S/C42H59N5O7/c1-14-15-19-32-45-33-34(46(32)25-42(12,13)54-38(50)53-41(9,10)11)30-21-20-29(26(2)28-18-16-17-27(22-28)24-43)23-31(30)44-35(33)47(36(48)51-39(3,4)5)37(49)52-40(6,7)8/h16-18,20-23,26H,14-15,19,24-25,43H2,1-13H3. The number of nitrogens with zero attached hydrogens (tertiary/aromatic N) is 4. The first kappa shape index (κ1) is 42.0. The lowest BCUT2D eigenvalue weighted by molar-refractivity contribution is -0.0581. The van der Waals surface area contributed by atoms with Crippen molar-refractivity contribution in [2.45, 2.75) is 151 Å². The first-order chi connectivity index (χ1) is 24.9. The predicted octanol–water partition coefficient (Wildman–Crippen LogP) is 9.94. The Hall–Kier alpha value is -4.71. The monoisotopic (exact) mass is 745 g/mol. The Balaban J connectivity index is 2.07. The van der Waals surface area contributed by atoms with Crippen molar-refractivity contribution in [3.05, 3.63) is 65.0 Å². The molecule has 0 radical (unpaired) electrons. The lowest BCUT2D eigenvalue weighted by Gasteiger charge is -2.29. The molecule has 0 aliphatic rings. The summed E-state index contributed by atoms with van der Waals surface area (Å²) in [6.45, 7) is 24.1. The van der Waals surface area contributed by atoms with E-state index in [-0.39, 0.29) is 18.3 Å². The molecule has 0 bridgehead atoms. The molecule has 1 unspecified atom stereocenters. The van der Waals surface area contributed by atoms with Crippen LogP contribution in [-0.2, 0) is 38.5 Å². The minimum Gasteiger partial charge on any atom is -0.443 e. The van der Waals surface area contributed by atoms with Crippen molar-refractivity contribution in [3.63, 3.8) is 0 Å². The molecule has 294 valence electrons. The number of anilines is 1. The van der Waals surface area contributed by atoms with Gasteiger partial charge in [0.25, 0.3) is 0 Å². The van der Waals surface area contributed by atoms with Crippen molar-refractivity contribution >= 4 is 46.1 Å². The third kappa shape index (κ3) is 10.7. The summed E-state index contributed by atoms with van der Waals surface area (Å²) in [6.07, 6.45) is -0.431. The van der Waals surface area contributed by atoms with Crippen molar-refractivity contribution < 1.29 is 33.3 Å². The fourth-order valence-electron chi connectivity index (χ4n) is 6.01. The highest BCUT2D eigenvalue weighted by molar-refractivity contribution is 6.17. The van der Waals surface area contributed by atoms with Gasteiger partial charge >= 0.3 is 18.3 Å². The molecule has 0 spiro atoms. The number of unbranched alkanes of at least 4 members (excludes halogenated alkanes) is 1. The summed E-state index contributed by atoms with van der Waals surface area (Å²) in [5.41, 5.74) is 6.76. The molecular formula is C42H59N5O7. The molecule has 12 heteroatoms. The van der Waals surface area contributed by atoms with E-state index >= 15 is 0 Å². The average Bonchev–Trinajstić information content (AvgIpc) is 3.37. The third-order valence-corrected chi connectivity index (χ3v) is 8.35. The highest BCUT2D eigenvalue weighted by Gasteiger charge is 2.37. The minimum absolute atomic E-state index is 0.0294. The van der Waals surface area contributed by atoms with Crippen LogP contribution in [0.3, 0.4) is 0 Å². The molecule has 0 aliphatic carbocycles. The lowest BCUT2D eigenvalue weighted by Crippen LogP contribution is -2.44. The first-order valence-corrected chi connectivity index (χ1v) is 18.7. The smallest absolute Gasteiger partial charge is 0.443 e. The Morgan fingerprint density at radius 1 is 0.796 bits per heavy atom. The Bertz CT molecular complexity index is 1970. The number of rotatable bonds is 10. The molecule has 12 nitrogen and oxygen atoms in total. The summed E-state index contributed by atoms with van der Waals surface area (Å²) in [5.74, 6) is 0.604. The van der Waals surface area contributed by atoms with Crippen LogP contribution in [-0.4, -0.2) is 55.3 Å². The Kier molecular flexibility index (Phi) is 12.4. The molecule has 1 atom stereocenters. The number of carbonyl (C=O) groups excluding carboxylic acids is 3. The van der Waals surface area contributed by atoms with Crippen LogP contribution >= 0.6 is 0 Å². The molecule has 54 heavy (non-hydrogen) atoms. The summed E-state index contributed by atoms with van der Waals surface area (Å²) in [6, 6.07) is 14.1. The Morgan fingerprint density at radius 2 is 1.39 bits per heavy atom. The quantitative estimate of drug-likeness (QED) is 0.123. The number of imide groups is 1. The molecule has 0 fully saturated rings. The number of pyridine rings is 1. The Morgan fingerprint density at radius 3 is 1.94 bits per heavy atom. The highest BCUT2D eigenvalue weighted by atomic mass is 16.7. The highest BCUT2D eigenvalue weighted by Crippen LogP contribution is 2.37. The van der Waals surface area contributed by atoms with Gasteiger partial charge in [0.05, 0.1) is 17.6 Å². The zero-order valence-electron chi connectivity index (χ0n) is 34.4. The van der Waals surface area contributed by atoms with Crippen LogP contribution < -0.4 is 10.6 Å². The summed E-state index contributed by atoms with van der Waals surface area (Å²) < 4.78 is 25.0. The number of aromatic nitrogens is 3. The van der Waals surface area contributed by atoms with Crippen LogP contribution in [0.5, 0.6) is 0 Å². The van der Waals surface area contributed by atoms with Crippen LogP contribution in [0.25, 0.3) is 21.9 Å². The number of ether oxygens (including phenoxy) is 4. The molecule has 2 amide bonds. The molecule has 0 saturated carbocycles. The molecule has 2 heterocycles. The molecule has 2 N–H and O–H groups in total. The maximum absolute atomic E-state index is 14.1. The van der Waals surface area contributed by atoms with Crippen molar-refractivity contribution in [1.29, 1.82) is 0 Å². The van der Waals surface area contributed by atoms with Crippen LogP contribution in [0, 0.1) is 0 Å². The SMILES string of the molecule is CCCCc1nc2c(N(C(=O)OC(C)(C)C)C(=O)OC(C)(C)C)nc3cc(C(C)c4cccc(CN)c4)ccc3c2n1CC(C)(C)OC(=O)OC(C)(C)C. The molecule has 4 rings (SSSR count). The van der Waals surface area contributed by atoms with E-state index < -0.39 is 40.7 Å². The molecule has 2 aromatic carbocycles. The summed E-state index contributed by atoms with van der Waals surface area (Å²) in [5, 5.41) is 0.733. The average molecular weight is 746 g/mol. The van der Waals surface area contributed by atoms with Gasteiger partial charge in [-0.1, -0.05) is 56.7 Å². The van der Waals surface area contributed by atoms with Gasteiger partial charge in [-0.05, 0) is 105 Å². The number of hydrogen-bond acceptors (Lipinski definition) is 10. The van der Waals surface area contributed by atoms with E-state index in [2.05, 4.69) is 26.0 Å². The number of fused-ring (bicyclic) bond motifs is 3. The third-order valence-electron chi connectivity index (χ3n) is 8.35. The van der Waals surface area contributed by atoms with Crippen LogP contribution in [0.15, 0.2) is 42.5 Å². The molecular weight excluding hydrogens is 686 g/mol. The molecule has 2 aromatic heterocycles. The van der Waals surface area contributed by atoms with Gasteiger partial charge in [0.15, 0.2) is 5.82 Å². The zero-order chi connectivity index (χ0) is 40.4. The second-order valence-electron chi connectivity index (χ2n) is 17.4. The number of benzene rings is 2. The van der Waals surface area contributed by atoms with Crippen LogP contribution in [0.2, 0.25) is 0 Å². The molecule has 0 saturated heterocycles. The van der Waals surface area contributed by atoms with E-state index in [0.29, 0.717) is 35.3 Å². The van der Waals surface area contributed by atoms with Gasteiger partial charge in [0.2, 0.25) is 0 Å². The fourth-order valence-corrected chi connectivity index (χ4v) is 6.01. The van der Waals surface area contributed by atoms with E-state index in [0.717, 1.165) is 39.8 Å². The van der Waals surface area contributed by atoms with E-state index in [9.17, 15) is 14.4 Å².